The molecule has 0 saturated carbocycles. The van der Waals surface area contributed by atoms with Crippen molar-refractivity contribution in [2.24, 2.45) is 5.73 Å². The first-order valence-electron chi connectivity index (χ1n) is 12.0. The fourth-order valence-corrected chi connectivity index (χ4v) is 5.08. The van der Waals surface area contributed by atoms with Gasteiger partial charge in [0.05, 0.1) is 23.0 Å². The van der Waals surface area contributed by atoms with Crippen molar-refractivity contribution in [3.05, 3.63) is 89.0 Å². The van der Waals surface area contributed by atoms with Crippen LogP contribution in [0.4, 0.5) is 30.2 Å². The number of fused-ring (bicyclic) bond motifs is 2. The van der Waals surface area contributed by atoms with Crippen LogP contribution >= 0.6 is 0 Å². The van der Waals surface area contributed by atoms with Gasteiger partial charge in [-0.05, 0) is 54.9 Å². The number of halogens is 3. The molecule has 0 bridgehead atoms. The third-order valence-electron chi connectivity index (χ3n) is 7.02. The lowest BCUT2D eigenvalue weighted by molar-refractivity contribution is -0.137. The minimum atomic E-state index is -4.40. The van der Waals surface area contributed by atoms with Crippen LogP contribution in [0.5, 0.6) is 0 Å². The van der Waals surface area contributed by atoms with E-state index in [1.807, 2.05) is 53.2 Å². The van der Waals surface area contributed by atoms with Crippen molar-refractivity contribution in [3.8, 4) is 0 Å². The van der Waals surface area contributed by atoms with Gasteiger partial charge < -0.3 is 26.4 Å². The average Bonchev–Trinajstić information content (AvgIpc) is 3.43. The maximum Gasteiger partial charge on any atom is 0.416 e. The van der Waals surface area contributed by atoms with Gasteiger partial charge in [0.15, 0.2) is 0 Å². The lowest BCUT2D eigenvalue weighted by Gasteiger charge is -2.36. The van der Waals surface area contributed by atoms with E-state index in [-0.39, 0.29) is 18.0 Å². The molecule has 0 amide bonds. The molecule has 0 aromatic heterocycles. The fourth-order valence-electron chi connectivity index (χ4n) is 5.08. The topological polar surface area (TPSA) is 101 Å². The fraction of sp³-hybridized carbons (Fsp3) is 0.296. The van der Waals surface area contributed by atoms with E-state index >= 15 is 0 Å². The third-order valence-corrected chi connectivity index (χ3v) is 7.02. The van der Waals surface area contributed by atoms with E-state index in [0.29, 0.717) is 30.6 Å². The number of hydrogen-bond donors (Lipinski definition) is 5. The number of nitrogens with two attached hydrogens (primary N) is 1. The van der Waals surface area contributed by atoms with Gasteiger partial charge in [-0.15, -0.1) is 0 Å². The highest BCUT2D eigenvalue weighted by atomic mass is 19.4. The van der Waals surface area contributed by atoms with Crippen LogP contribution in [-0.2, 0) is 19.1 Å². The number of nitrogens with zero attached hydrogens (tertiary/aromatic N) is 2. The van der Waals surface area contributed by atoms with Gasteiger partial charge in [-0.25, -0.2) is 0 Å². The quantitative estimate of drug-likeness (QED) is 0.187. The van der Waals surface area contributed by atoms with Gasteiger partial charge in [-0.1, -0.05) is 36.4 Å². The minimum absolute atomic E-state index is 0.0728. The molecular weight excluding hydrogens is 481 g/mol. The van der Waals surface area contributed by atoms with E-state index in [1.54, 1.807) is 6.07 Å². The molecule has 3 aromatic rings. The van der Waals surface area contributed by atoms with Gasteiger partial charge in [0, 0.05) is 24.3 Å². The summed E-state index contributed by atoms with van der Waals surface area (Å²) in [6.45, 7) is 0.808. The molecule has 10 heteroatoms. The Hall–Kier alpha value is -3.76. The zero-order chi connectivity index (χ0) is 26.3. The Labute approximate surface area is 213 Å². The van der Waals surface area contributed by atoms with Crippen LogP contribution in [0.25, 0.3) is 0 Å². The lowest BCUT2D eigenvalue weighted by atomic mass is 10.1. The summed E-state index contributed by atoms with van der Waals surface area (Å²) in [5.41, 5.74) is 10.1. The Kier molecular flexibility index (Phi) is 6.47. The van der Waals surface area contributed by atoms with E-state index in [1.165, 1.54) is 12.1 Å². The van der Waals surface area contributed by atoms with E-state index in [4.69, 9.17) is 11.1 Å². The van der Waals surface area contributed by atoms with Gasteiger partial charge in [0.2, 0.25) is 0 Å². The molecule has 0 spiro atoms. The summed E-state index contributed by atoms with van der Waals surface area (Å²) >= 11 is 0. The number of anilines is 3. The highest BCUT2D eigenvalue weighted by Crippen LogP contribution is 2.37. The van der Waals surface area contributed by atoms with E-state index < -0.39 is 18.0 Å². The molecule has 194 valence electrons. The Morgan fingerprint density at radius 1 is 1.11 bits per heavy atom. The first-order valence-corrected chi connectivity index (χ1v) is 12.0. The molecule has 7 nitrogen and oxygen atoms in total. The highest BCUT2D eigenvalue weighted by Gasteiger charge is 2.37. The van der Waals surface area contributed by atoms with E-state index in [0.717, 1.165) is 34.8 Å². The molecule has 2 aliphatic heterocycles. The SMILES string of the molecule is CN(CC1Nc2ccccc2N1)C(O)C1Cc2ccc(C(=N)N)cc2N1Cc1ccc(C(F)(F)F)cc1. The van der Waals surface area contributed by atoms with E-state index in [9.17, 15) is 18.3 Å². The summed E-state index contributed by atoms with van der Waals surface area (Å²) in [6.07, 6.45) is -4.81. The maximum absolute atomic E-state index is 13.1. The van der Waals surface area contributed by atoms with Crippen LogP contribution in [0.15, 0.2) is 66.7 Å². The number of benzene rings is 3. The second-order valence-electron chi connectivity index (χ2n) is 9.59. The van der Waals surface area contributed by atoms with Crippen LogP contribution in [0, 0.1) is 5.41 Å². The highest BCUT2D eigenvalue weighted by molar-refractivity contribution is 5.96. The van der Waals surface area contributed by atoms with Gasteiger partial charge in [0.25, 0.3) is 0 Å². The number of aliphatic hydroxyl groups is 1. The predicted molar refractivity (Wildman–Crippen MR) is 139 cm³/mol. The lowest BCUT2D eigenvalue weighted by Crippen LogP contribution is -2.52. The van der Waals surface area contributed by atoms with E-state index in [2.05, 4.69) is 10.6 Å². The van der Waals surface area contributed by atoms with Crippen molar-refractivity contribution >= 4 is 22.9 Å². The number of nitrogen functional groups attached to an aromatic ring is 1. The summed E-state index contributed by atoms with van der Waals surface area (Å²) in [5.74, 6) is -0.0728. The molecule has 5 rings (SSSR count). The zero-order valence-electron chi connectivity index (χ0n) is 20.3. The second kappa shape index (κ2) is 9.60. The summed E-state index contributed by atoms with van der Waals surface area (Å²) < 4.78 is 39.2. The Balaban J connectivity index is 1.37. The van der Waals surface area contributed by atoms with Crippen molar-refractivity contribution in [1.29, 1.82) is 5.41 Å². The number of alkyl halides is 3. The van der Waals surface area contributed by atoms with Gasteiger partial charge in [-0.2, -0.15) is 13.2 Å². The predicted octanol–water partition coefficient (Wildman–Crippen LogP) is 4.03. The molecule has 2 heterocycles. The van der Waals surface area contributed by atoms with Crippen LogP contribution in [0.1, 0.15) is 22.3 Å². The normalized spacial score (nSPS) is 17.8. The summed E-state index contributed by atoms with van der Waals surface area (Å²) in [5, 5.41) is 26.1. The van der Waals surface area contributed by atoms with Crippen molar-refractivity contribution in [2.75, 3.05) is 29.1 Å². The monoisotopic (exact) mass is 510 g/mol. The number of amidine groups is 1. The number of nitrogens with one attached hydrogen (secondary N) is 3. The zero-order valence-corrected chi connectivity index (χ0v) is 20.3. The largest absolute Gasteiger partial charge is 0.416 e. The van der Waals surface area contributed by atoms with Crippen molar-refractivity contribution in [3.63, 3.8) is 0 Å². The Morgan fingerprint density at radius 3 is 2.35 bits per heavy atom. The van der Waals surface area contributed by atoms with Crippen molar-refractivity contribution in [2.45, 2.75) is 37.6 Å². The smallest absolute Gasteiger partial charge is 0.384 e. The van der Waals surface area contributed by atoms with Gasteiger partial charge in [0.1, 0.15) is 18.2 Å². The average molecular weight is 511 g/mol. The minimum Gasteiger partial charge on any atom is -0.384 e. The van der Waals surface area contributed by atoms with Crippen LogP contribution < -0.4 is 21.3 Å². The number of likely N-dealkylation sites (N-methyl/N-ethyl adjacent to an activating group) is 1. The van der Waals surface area contributed by atoms with Crippen molar-refractivity contribution < 1.29 is 18.3 Å². The number of para-hydroxylation sites is 2. The maximum atomic E-state index is 13.1. The van der Waals surface area contributed by atoms with Gasteiger partial charge >= 0.3 is 6.18 Å². The molecule has 2 atom stereocenters. The van der Waals surface area contributed by atoms with Crippen LogP contribution in [0.2, 0.25) is 0 Å². The Bertz CT molecular complexity index is 1270. The molecule has 0 aliphatic carbocycles. The van der Waals surface area contributed by atoms with Crippen molar-refractivity contribution in [1.82, 2.24) is 4.90 Å². The molecule has 3 aromatic carbocycles. The molecule has 2 unspecified atom stereocenters. The summed E-state index contributed by atoms with van der Waals surface area (Å²) in [7, 11) is 1.84. The number of rotatable bonds is 7. The molecule has 0 fully saturated rings. The summed E-state index contributed by atoms with van der Waals surface area (Å²) in [6, 6.07) is 18.1. The Morgan fingerprint density at radius 2 is 1.76 bits per heavy atom. The second-order valence-corrected chi connectivity index (χ2v) is 9.59. The first-order chi connectivity index (χ1) is 17.6. The third kappa shape index (κ3) is 5.07. The number of aliphatic hydroxyl groups excluding tert-OH is 1. The van der Waals surface area contributed by atoms with Crippen LogP contribution in [-0.4, -0.2) is 47.9 Å². The number of hydrogen-bond acceptors (Lipinski definition) is 6. The van der Waals surface area contributed by atoms with Gasteiger partial charge in [-0.3, -0.25) is 10.3 Å². The standard InChI is InChI=1S/C27H29F3N6O/c1-35(15-24-33-20-4-2-3-5-21(20)34-24)26(37)23-12-17-8-9-18(25(31)32)13-22(17)36(23)14-16-6-10-19(11-7-16)27(28,29)30/h2-11,13,23-24,26,33-34,37H,12,14-15H2,1H3,(H3,31,32). The molecule has 37 heavy (non-hydrogen) atoms. The summed E-state index contributed by atoms with van der Waals surface area (Å²) in [4.78, 5) is 3.86. The molecule has 0 radical (unpaired) electrons. The molecule has 2 aliphatic rings. The molecule has 0 saturated heterocycles. The first kappa shape index (κ1) is 24.9. The molecular formula is C27H29F3N6O. The molecule has 6 N–H and O–H groups in total. The van der Waals surface area contributed by atoms with Crippen LogP contribution in [0.3, 0.4) is 0 Å².